The van der Waals surface area contributed by atoms with E-state index in [4.69, 9.17) is 15.5 Å². The number of rotatable bonds is 11. The lowest BCUT2D eigenvalue weighted by molar-refractivity contribution is -0.145. The van der Waals surface area contributed by atoms with Gasteiger partial charge in [0.2, 0.25) is 18.0 Å². The highest BCUT2D eigenvalue weighted by molar-refractivity contribution is 7.98. The minimum Gasteiger partial charge on any atom is -0.467 e. The number of benzodiazepines with no additional fused rings is 1. The molecule has 0 saturated heterocycles. The number of hydrogen-bond acceptors (Lipinski definition) is 9. The first-order chi connectivity index (χ1) is 18.7. The van der Waals surface area contributed by atoms with Crippen molar-refractivity contribution in [3.05, 3.63) is 65.7 Å². The van der Waals surface area contributed by atoms with Crippen LogP contribution in [0.3, 0.4) is 0 Å². The highest BCUT2D eigenvalue weighted by Gasteiger charge is 2.38. The maximum atomic E-state index is 14.0. The number of anilines is 1. The van der Waals surface area contributed by atoms with Crippen molar-refractivity contribution >= 4 is 59.5 Å². The van der Waals surface area contributed by atoms with Crippen LogP contribution in [0.2, 0.25) is 0 Å². The monoisotopic (exact) mass is 571 g/mol. The molecule has 0 aromatic heterocycles. The number of esters is 1. The van der Waals surface area contributed by atoms with Crippen LogP contribution in [-0.2, 0) is 23.9 Å². The highest BCUT2D eigenvalue weighted by atomic mass is 32.2. The molecule has 3 amide bonds. The lowest BCUT2D eigenvalue weighted by Gasteiger charge is -2.30. The molecule has 208 valence electrons. The number of amides is 3. The molecule has 0 aliphatic carbocycles. The van der Waals surface area contributed by atoms with Crippen LogP contribution in [0.1, 0.15) is 17.5 Å². The molecule has 0 radical (unpaired) electrons. The number of hydrogen-bond donors (Lipinski definition) is 3. The Morgan fingerprint density at radius 1 is 1.18 bits per heavy atom. The van der Waals surface area contributed by atoms with E-state index in [0.29, 0.717) is 29.1 Å². The fourth-order valence-electron chi connectivity index (χ4n) is 4.13. The first kappa shape index (κ1) is 30.2. The van der Waals surface area contributed by atoms with Gasteiger partial charge in [0.05, 0.1) is 24.6 Å². The number of aliphatic imine (C=N–C) groups is 1. The third-order valence-electron chi connectivity index (χ3n) is 6.20. The van der Waals surface area contributed by atoms with Gasteiger partial charge in [0, 0.05) is 23.9 Å². The number of likely N-dealkylation sites (N-methyl/N-ethyl adjacent to an activating group) is 1. The molecule has 0 fully saturated rings. The van der Waals surface area contributed by atoms with Crippen molar-refractivity contribution in [2.75, 3.05) is 43.4 Å². The third kappa shape index (κ3) is 7.20. The van der Waals surface area contributed by atoms with Crippen LogP contribution in [-0.4, -0.2) is 91.0 Å². The van der Waals surface area contributed by atoms with Gasteiger partial charge in [0.25, 0.3) is 5.91 Å². The van der Waals surface area contributed by atoms with E-state index >= 15 is 0 Å². The van der Waals surface area contributed by atoms with Gasteiger partial charge < -0.3 is 20.7 Å². The number of carbonyl (C=O) groups excluding carboxylic acids is 4. The second kappa shape index (κ2) is 14.2. The van der Waals surface area contributed by atoms with E-state index in [0.717, 1.165) is 5.56 Å². The Hall–Kier alpha value is -3.35. The highest BCUT2D eigenvalue weighted by Crippen LogP contribution is 2.29. The number of nitrogens with one attached hydrogen (secondary N) is 1. The Bertz CT molecular complexity index is 1230. The molecule has 0 bridgehead atoms. The molecule has 2 unspecified atom stereocenters. The summed E-state index contributed by atoms with van der Waals surface area (Å²) in [4.78, 5) is 59.7. The maximum absolute atomic E-state index is 14.0. The second-order valence-corrected chi connectivity index (χ2v) is 10.2. The van der Waals surface area contributed by atoms with Gasteiger partial charge in [-0.25, -0.2) is 9.79 Å². The molecule has 3 N–H and O–H groups in total. The molecular weight excluding hydrogens is 538 g/mol. The number of thioether (sulfide) groups is 1. The molecule has 3 atom stereocenters. The maximum Gasteiger partial charge on any atom is 0.328 e. The molecule has 10 nitrogen and oxygen atoms in total. The summed E-state index contributed by atoms with van der Waals surface area (Å²) in [6.45, 7) is -0.405. The number of benzene rings is 2. The van der Waals surface area contributed by atoms with Crippen molar-refractivity contribution < 1.29 is 23.9 Å². The lowest BCUT2D eigenvalue weighted by atomic mass is 10.0. The zero-order valence-electron chi connectivity index (χ0n) is 22.1. The molecule has 0 saturated carbocycles. The standard InChI is InChI=1S/C27H33N5O5S2/c1-31(25(34)19(28)16-38)24-26(35)32(15-22(33)29-20(13-14-39-3)27(36)37-2)21-12-8-7-11-18(21)23(30-24)17-9-5-4-6-10-17/h4-12,19-20,24,38H,13-16,28H2,1-3H3,(H,29,33)/t19?,20-,24?/m0/s1. The third-order valence-corrected chi connectivity index (χ3v) is 7.23. The van der Waals surface area contributed by atoms with Gasteiger partial charge in [-0.3, -0.25) is 19.3 Å². The van der Waals surface area contributed by atoms with Crippen LogP contribution in [0.15, 0.2) is 59.6 Å². The predicted octanol–water partition coefficient (Wildman–Crippen LogP) is 1.32. The molecule has 1 heterocycles. The number of fused-ring (bicyclic) bond motifs is 1. The van der Waals surface area contributed by atoms with E-state index in [1.807, 2.05) is 42.7 Å². The molecule has 12 heteroatoms. The minimum absolute atomic E-state index is 0.0800. The van der Waals surface area contributed by atoms with Crippen LogP contribution in [0.25, 0.3) is 0 Å². The average molecular weight is 572 g/mol. The number of carbonyl (C=O) groups is 4. The number of para-hydroxylation sites is 1. The van der Waals surface area contributed by atoms with Crippen molar-refractivity contribution in [1.29, 1.82) is 0 Å². The Labute approximate surface area is 237 Å². The van der Waals surface area contributed by atoms with E-state index in [-0.39, 0.29) is 5.75 Å². The first-order valence-corrected chi connectivity index (χ1v) is 14.3. The fraction of sp³-hybridized carbons (Fsp3) is 0.370. The summed E-state index contributed by atoms with van der Waals surface area (Å²) in [6, 6.07) is 14.5. The molecule has 2 aromatic rings. The molecular formula is C27H33N5O5S2. The van der Waals surface area contributed by atoms with Gasteiger partial charge >= 0.3 is 5.97 Å². The average Bonchev–Trinajstić information content (AvgIpc) is 3.08. The topological polar surface area (TPSA) is 134 Å². The van der Waals surface area contributed by atoms with Crippen LogP contribution in [0.4, 0.5) is 5.69 Å². The van der Waals surface area contributed by atoms with E-state index < -0.39 is 48.5 Å². The number of thiol groups is 1. The first-order valence-electron chi connectivity index (χ1n) is 12.3. The SMILES string of the molecule is COC(=O)[C@H](CCSC)NC(=O)CN1C(=O)C(N(C)C(=O)C(N)CS)N=C(c2ccccc2)c2ccccc21. The normalized spacial score (nSPS) is 16.3. The van der Waals surface area contributed by atoms with E-state index in [2.05, 4.69) is 17.9 Å². The Morgan fingerprint density at radius 2 is 1.85 bits per heavy atom. The summed E-state index contributed by atoms with van der Waals surface area (Å²) < 4.78 is 4.84. The van der Waals surface area contributed by atoms with Crippen LogP contribution < -0.4 is 16.0 Å². The molecule has 0 spiro atoms. The Balaban J connectivity index is 2.06. The Morgan fingerprint density at radius 3 is 2.49 bits per heavy atom. The quantitative estimate of drug-likeness (QED) is 0.274. The van der Waals surface area contributed by atoms with Crippen molar-refractivity contribution in [3.8, 4) is 0 Å². The van der Waals surface area contributed by atoms with Crippen molar-refractivity contribution in [2.24, 2.45) is 10.7 Å². The summed E-state index contributed by atoms with van der Waals surface area (Å²) in [6.07, 6.45) is 0.962. The second-order valence-electron chi connectivity index (χ2n) is 8.82. The number of nitrogens with two attached hydrogens (primary N) is 1. The summed E-state index contributed by atoms with van der Waals surface area (Å²) >= 11 is 5.65. The molecule has 2 aromatic carbocycles. The van der Waals surface area contributed by atoms with Crippen LogP contribution >= 0.6 is 24.4 Å². The fourth-order valence-corrected chi connectivity index (χ4v) is 4.75. The summed E-state index contributed by atoms with van der Waals surface area (Å²) in [5, 5.41) is 2.69. The van der Waals surface area contributed by atoms with Crippen LogP contribution in [0.5, 0.6) is 0 Å². The molecule has 1 aliphatic rings. The molecule has 3 rings (SSSR count). The predicted molar refractivity (Wildman–Crippen MR) is 156 cm³/mol. The summed E-state index contributed by atoms with van der Waals surface area (Å²) in [5.41, 5.74) is 8.21. The van der Waals surface area contributed by atoms with Gasteiger partial charge in [-0.05, 0) is 24.5 Å². The van der Waals surface area contributed by atoms with E-state index in [1.54, 1.807) is 18.2 Å². The van der Waals surface area contributed by atoms with Gasteiger partial charge in [-0.2, -0.15) is 24.4 Å². The van der Waals surface area contributed by atoms with Crippen molar-refractivity contribution in [3.63, 3.8) is 0 Å². The van der Waals surface area contributed by atoms with Gasteiger partial charge in [-0.15, -0.1) is 0 Å². The van der Waals surface area contributed by atoms with Gasteiger partial charge in [-0.1, -0.05) is 48.5 Å². The Kier molecular flexibility index (Phi) is 11.0. The number of ether oxygens (including phenoxy) is 1. The molecule has 1 aliphatic heterocycles. The number of methoxy groups -OCH3 is 1. The molecule has 39 heavy (non-hydrogen) atoms. The van der Waals surface area contributed by atoms with Crippen LogP contribution in [0, 0.1) is 0 Å². The van der Waals surface area contributed by atoms with Gasteiger partial charge in [0.1, 0.15) is 12.6 Å². The summed E-state index contributed by atoms with van der Waals surface area (Å²) in [5.74, 6) is -1.53. The summed E-state index contributed by atoms with van der Waals surface area (Å²) in [7, 11) is 2.70. The van der Waals surface area contributed by atoms with Gasteiger partial charge in [0.15, 0.2) is 0 Å². The largest absolute Gasteiger partial charge is 0.467 e. The van der Waals surface area contributed by atoms with Crippen molar-refractivity contribution in [1.82, 2.24) is 10.2 Å². The lowest BCUT2D eigenvalue weighted by Crippen LogP contribution is -2.55. The smallest absolute Gasteiger partial charge is 0.328 e. The number of nitrogens with zero attached hydrogens (tertiary/aromatic N) is 3. The zero-order valence-corrected chi connectivity index (χ0v) is 23.8. The van der Waals surface area contributed by atoms with E-state index in [1.165, 1.54) is 35.7 Å². The zero-order chi connectivity index (χ0) is 28.5. The minimum atomic E-state index is -1.30. The van der Waals surface area contributed by atoms with Crippen molar-refractivity contribution in [2.45, 2.75) is 24.7 Å². The van der Waals surface area contributed by atoms with E-state index in [9.17, 15) is 19.2 Å².